The molecule has 28 heavy (non-hydrogen) atoms. The fraction of sp³-hybridized carbons (Fsp3) is 0.0417. The second-order valence-corrected chi connectivity index (χ2v) is 6.51. The van der Waals surface area contributed by atoms with Crippen LogP contribution in [0.4, 0.5) is 4.39 Å². The molecule has 1 aliphatic rings. The summed E-state index contributed by atoms with van der Waals surface area (Å²) in [7, 11) is 0. The molecule has 0 fully saturated rings. The van der Waals surface area contributed by atoms with E-state index in [1.165, 1.54) is 12.1 Å². The molecule has 0 radical (unpaired) electrons. The number of hydrogen-bond donors (Lipinski definition) is 1. The summed E-state index contributed by atoms with van der Waals surface area (Å²) in [5, 5.41) is 1.56. The smallest absolute Gasteiger partial charge is 0.265 e. The molecule has 3 aromatic rings. The van der Waals surface area contributed by atoms with E-state index in [0.717, 1.165) is 22.4 Å². The Hall–Kier alpha value is -3.66. The summed E-state index contributed by atoms with van der Waals surface area (Å²) < 4.78 is 13.4. The van der Waals surface area contributed by atoms with Gasteiger partial charge in [-0.3, -0.25) is 10.2 Å². The fourth-order valence-corrected chi connectivity index (χ4v) is 3.16. The van der Waals surface area contributed by atoms with Gasteiger partial charge in [0.05, 0.1) is 11.7 Å². The van der Waals surface area contributed by atoms with Gasteiger partial charge < -0.3 is 0 Å². The van der Waals surface area contributed by atoms with Gasteiger partial charge in [0.2, 0.25) is 0 Å². The monoisotopic (exact) mass is 370 g/mol. The lowest BCUT2D eigenvalue weighted by Gasteiger charge is -2.24. The van der Waals surface area contributed by atoms with Gasteiger partial charge in [0, 0.05) is 6.08 Å². The van der Waals surface area contributed by atoms with Crippen molar-refractivity contribution >= 4 is 17.7 Å². The van der Waals surface area contributed by atoms with Gasteiger partial charge in [-0.2, -0.15) is 0 Å². The second kappa shape index (κ2) is 7.92. The Kier molecular flexibility index (Phi) is 5.02. The summed E-state index contributed by atoms with van der Waals surface area (Å²) in [6.45, 7) is 0. The third kappa shape index (κ3) is 3.86. The number of carbonyl (C=O) groups excluding carboxylic acids is 1. The molecule has 0 saturated carbocycles. The third-order valence-electron chi connectivity index (χ3n) is 4.60. The first kappa shape index (κ1) is 17.7. The molecule has 4 heteroatoms. The Labute approximate surface area is 163 Å². The summed E-state index contributed by atoms with van der Waals surface area (Å²) in [6, 6.07) is 25.4. The number of amides is 1. The molecule has 3 nitrogen and oxygen atoms in total. The van der Waals surface area contributed by atoms with E-state index in [0.29, 0.717) is 0 Å². The molecule has 0 aromatic heterocycles. The standard InChI is InChI=1S/C24H19FN2O/c25-21-14-12-20(13-15-21)23-17-22(19-9-5-2-6-10-19)26-27(23)24(28)16-11-18-7-3-1-4-8-18/h1-17,23,26H/b16-11+/t23-/m1/s1. The summed E-state index contributed by atoms with van der Waals surface area (Å²) >= 11 is 0. The van der Waals surface area contributed by atoms with Crippen LogP contribution in [0.25, 0.3) is 11.8 Å². The van der Waals surface area contributed by atoms with Gasteiger partial charge in [0.1, 0.15) is 5.82 Å². The van der Waals surface area contributed by atoms with Crippen LogP contribution >= 0.6 is 0 Å². The lowest BCUT2D eigenvalue weighted by molar-refractivity contribution is -0.129. The van der Waals surface area contributed by atoms with Crippen LogP contribution in [0, 0.1) is 5.82 Å². The van der Waals surface area contributed by atoms with Crippen LogP contribution in [0.2, 0.25) is 0 Å². The molecule has 1 amide bonds. The van der Waals surface area contributed by atoms with Gasteiger partial charge in [-0.15, -0.1) is 0 Å². The van der Waals surface area contributed by atoms with Crippen LogP contribution < -0.4 is 5.43 Å². The molecule has 3 aromatic carbocycles. The molecule has 0 saturated heterocycles. The first-order valence-corrected chi connectivity index (χ1v) is 9.06. The molecule has 0 bridgehead atoms. The zero-order chi connectivity index (χ0) is 19.3. The quantitative estimate of drug-likeness (QED) is 0.658. The van der Waals surface area contributed by atoms with Crippen molar-refractivity contribution in [1.29, 1.82) is 0 Å². The lowest BCUT2D eigenvalue weighted by atomic mass is 10.0. The zero-order valence-electron chi connectivity index (χ0n) is 15.1. The SMILES string of the molecule is O=C(/C=C/c1ccccc1)N1NC(c2ccccc2)=C[C@@H]1c1ccc(F)cc1. The summed E-state index contributed by atoms with van der Waals surface area (Å²) in [5.74, 6) is -0.482. The van der Waals surface area contributed by atoms with E-state index in [4.69, 9.17) is 0 Å². The lowest BCUT2D eigenvalue weighted by Crippen LogP contribution is -2.38. The number of nitrogens with zero attached hydrogens (tertiary/aromatic N) is 1. The molecule has 0 unspecified atom stereocenters. The van der Waals surface area contributed by atoms with Crippen LogP contribution in [-0.2, 0) is 4.79 Å². The first-order valence-electron chi connectivity index (χ1n) is 9.06. The predicted molar refractivity (Wildman–Crippen MR) is 109 cm³/mol. The van der Waals surface area contributed by atoms with Gasteiger partial charge in [0.15, 0.2) is 0 Å². The average Bonchev–Trinajstić information content (AvgIpc) is 3.19. The van der Waals surface area contributed by atoms with Crippen molar-refractivity contribution in [2.45, 2.75) is 6.04 Å². The van der Waals surface area contributed by atoms with Gasteiger partial charge in [0.25, 0.3) is 5.91 Å². The van der Waals surface area contributed by atoms with Gasteiger partial charge in [-0.05, 0) is 41.0 Å². The number of nitrogens with one attached hydrogen (secondary N) is 1. The van der Waals surface area contributed by atoms with E-state index in [9.17, 15) is 9.18 Å². The molecule has 0 spiro atoms. The second-order valence-electron chi connectivity index (χ2n) is 6.51. The molecule has 1 atom stereocenters. The first-order chi connectivity index (χ1) is 13.7. The Morgan fingerprint density at radius 2 is 1.54 bits per heavy atom. The fourth-order valence-electron chi connectivity index (χ4n) is 3.16. The highest BCUT2D eigenvalue weighted by Crippen LogP contribution is 2.31. The van der Waals surface area contributed by atoms with Crippen LogP contribution in [0.15, 0.2) is 97.1 Å². The van der Waals surface area contributed by atoms with Crippen molar-refractivity contribution in [3.05, 3.63) is 120 Å². The molecule has 1 aliphatic heterocycles. The summed E-state index contributed by atoms with van der Waals surface area (Å²) in [6.07, 6.45) is 5.31. The zero-order valence-corrected chi connectivity index (χ0v) is 15.1. The van der Waals surface area contributed by atoms with Crippen molar-refractivity contribution in [3.8, 4) is 0 Å². The Bertz CT molecular complexity index is 1010. The molecular weight excluding hydrogens is 351 g/mol. The number of benzene rings is 3. The third-order valence-corrected chi connectivity index (χ3v) is 4.60. The number of hydrazine groups is 1. The molecular formula is C24H19FN2O. The maximum atomic E-state index is 13.4. The van der Waals surface area contributed by atoms with Gasteiger partial charge in [-0.25, -0.2) is 9.40 Å². The molecule has 1 N–H and O–H groups in total. The van der Waals surface area contributed by atoms with Crippen LogP contribution in [-0.4, -0.2) is 10.9 Å². The minimum atomic E-state index is -0.330. The number of halogens is 1. The molecule has 138 valence electrons. The Morgan fingerprint density at radius 3 is 2.21 bits per heavy atom. The van der Waals surface area contributed by atoms with Crippen LogP contribution in [0.3, 0.4) is 0 Å². The van der Waals surface area contributed by atoms with Crippen molar-refractivity contribution in [2.75, 3.05) is 0 Å². The predicted octanol–water partition coefficient (Wildman–Crippen LogP) is 4.97. The minimum absolute atomic E-state index is 0.180. The van der Waals surface area contributed by atoms with Gasteiger partial charge in [-0.1, -0.05) is 72.8 Å². The summed E-state index contributed by atoms with van der Waals surface area (Å²) in [5.41, 5.74) is 6.82. The summed E-state index contributed by atoms with van der Waals surface area (Å²) in [4.78, 5) is 12.9. The number of hydrogen-bond acceptors (Lipinski definition) is 2. The van der Waals surface area contributed by atoms with Crippen LogP contribution in [0.1, 0.15) is 22.7 Å². The van der Waals surface area contributed by atoms with Gasteiger partial charge >= 0.3 is 0 Å². The minimum Gasteiger partial charge on any atom is -0.295 e. The van der Waals surface area contributed by atoms with Crippen molar-refractivity contribution < 1.29 is 9.18 Å². The maximum Gasteiger partial charge on any atom is 0.265 e. The van der Waals surface area contributed by atoms with E-state index in [-0.39, 0.29) is 17.8 Å². The number of carbonyl (C=O) groups is 1. The van der Waals surface area contributed by atoms with E-state index < -0.39 is 0 Å². The largest absolute Gasteiger partial charge is 0.295 e. The Morgan fingerprint density at radius 1 is 0.893 bits per heavy atom. The van der Waals surface area contributed by atoms with E-state index >= 15 is 0 Å². The van der Waals surface area contributed by atoms with E-state index in [1.54, 1.807) is 29.3 Å². The topological polar surface area (TPSA) is 32.3 Å². The highest BCUT2D eigenvalue weighted by atomic mass is 19.1. The van der Waals surface area contributed by atoms with Crippen molar-refractivity contribution in [3.63, 3.8) is 0 Å². The van der Waals surface area contributed by atoms with Crippen LogP contribution in [0.5, 0.6) is 0 Å². The van der Waals surface area contributed by atoms with E-state index in [2.05, 4.69) is 5.43 Å². The Balaban J connectivity index is 1.63. The maximum absolute atomic E-state index is 13.4. The van der Waals surface area contributed by atoms with E-state index in [1.807, 2.05) is 66.7 Å². The molecule has 0 aliphatic carbocycles. The highest BCUT2D eigenvalue weighted by Gasteiger charge is 2.29. The normalized spacial score (nSPS) is 16.1. The van der Waals surface area contributed by atoms with Crippen molar-refractivity contribution in [2.24, 2.45) is 0 Å². The molecule has 4 rings (SSSR count). The highest BCUT2D eigenvalue weighted by molar-refractivity contribution is 5.93. The average molecular weight is 370 g/mol. The molecule has 1 heterocycles. The number of rotatable bonds is 4. The van der Waals surface area contributed by atoms with Crippen molar-refractivity contribution in [1.82, 2.24) is 10.4 Å².